The lowest BCUT2D eigenvalue weighted by Gasteiger charge is -2.24. The van der Waals surface area contributed by atoms with Crippen LogP contribution in [0.25, 0.3) is 5.57 Å². The Hall–Kier alpha value is -3.53. The molecule has 0 aromatic carbocycles. The smallest absolute Gasteiger partial charge is 0.356 e. The van der Waals surface area contributed by atoms with Crippen LogP contribution in [0.1, 0.15) is 17.7 Å². The molecule has 1 aromatic heterocycles. The topological polar surface area (TPSA) is 102 Å². The summed E-state index contributed by atoms with van der Waals surface area (Å²) >= 11 is 0. The first-order valence-corrected chi connectivity index (χ1v) is 7.23. The third-order valence-electron chi connectivity index (χ3n) is 3.43. The van der Waals surface area contributed by atoms with E-state index >= 15 is 0 Å². The van der Waals surface area contributed by atoms with E-state index in [0.29, 0.717) is 35.6 Å². The lowest BCUT2D eigenvalue weighted by molar-refractivity contribution is -0.129. The van der Waals surface area contributed by atoms with Gasteiger partial charge in [-0.3, -0.25) is 4.98 Å². The Kier molecular flexibility index (Phi) is 4.29. The molecule has 0 bridgehead atoms. The summed E-state index contributed by atoms with van der Waals surface area (Å²) < 4.78 is 0. The summed E-state index contributed by atoms with van der Waals surface area (Å²) in [5.74, 6) is -0.542. The third kappa shape index (κ3) is 3.28. The Morgan fingerprint density at radius 1 is 1.38 bits per heavy atom. The molecule has 1 N–H and O–H groups in total. The molecule has 3 rings (SSSR count). The lowest BCUT2D eigenvalue weighted by atomic mass is 10.1. The van der Waals surface area contributed by atoms with Crippen molar-refractivity contribution < 1.29 is 9.90 Å². The van der Waals surface area contributed by atoms with E-state index in [1.54, 1.807) is 23.4 Å². The van der Waals surface area contributed by atoms with E-state index in [9.17, 15) is 9.90 Å². The molecule has 118 valence electrons. The van der Waals surface area contributed by atoms with Crippen LogP contribution in [0.5, 0.6) is 0 Å². The van der Waals surface area contributed by atoms with Gasteiger partial charge in [-0.05, 0) is 36.8 Å². The molecular weight excluding hydrogens is 306 g/mol. The maximum atomic E-state index is 11.4. The van der Waals surface area contributed by atoms with Crippen LogP contribution >= 0.6 is 0 Å². The molecule has 0 radical (unpaired) electrons. The number of nitriles is 1. The molecule has 0 atom stereocenters. The molecule has 2 aliphatic heterocycles. The molecule has 0 saturated heterocycles. The van der Waals surface area contributed by atoms with Gasteiger partial charge in [0.1, 0.15) is 11.9 Å². The van der Waals surface area contributed by atoms with Crippen molar-refractivity contribution in [3.8, 4) is 6.07 Å². The highest BCUT2D eigenvalue weighted by Gasteiger charge is 2.22. The molecular formula is C17H13N5O2. The van der Waals surface area contributed by atoms with Crippen molar-refractivity contribution in [1.29, 1.82) is 5.26 Å². The van der Waals surface area contributed by atoms with Crippen LogP contribution in [0, 0.1) is 11.3 Å². The zero-order valence-electron chi connectivity index (χ0n) is 12.6. The number of aliphatic carboxylic acids is 1. The van der Waals surface area contributed by atoms with Crippen molar-refractivity contribution in [2.45, 2.75) is 6.42 Å². The summed E-state index contributed by atoms with van der Waals surface area (Å²) in [7, 11) is 0. The molecule has 24 heavy (non-hydrogen) atoms. The highest BCUT2D eigenvalue weighted by molar-refractivity contribution is 6.41. The molecule has 3 heterocycles. The van der Waals surface area contributed by atoms with E-state index in [4.69, 9.17) is 5.26 Å². The predicted octanol–water partition coefficient (Wildman–Crippen LogP) is 1.96. The molecule has 0 saturated carbocycles. The Morgan fingerprint density at radius 3 is 2.96 bits per heavy atom. The van der Waals surface area contributed by atoms with Gasteiger partial charge < -0.3 is 5.11 Å². The number of carbonyl (C=O) groups is 1. The summed E-state index contributed by atoms with van der Waals surface area (Å²) in [6.07, 6.45) is 10.9. The average molecular weight is 319 g/mol. The Balaban J connectivity index is 1.95. The molecule has 7 heteroatoms. The summed E-state index contributed by atoms with van der Waals surface area (Å²) in [6.45, 7) is 0.346. The number of aliphatic imine (C=N–C) groups is 1. The van der Waals surface area contributed by atoms with Gasteiger partial charge in [-0.2, -0.15) is 10.4 Å². The minimum absolute atomic E-state index is 0.0873. The van der Waals surface area contributed by atoms with Crippen LogP contribution in [0.3, 0.4) is 0 Å². The Labute approximate surface area is 138 Å². The van der Waals surface area contributed by atoms with Crippen molar-refractivity contribution in [2.75, 3.05) is 6.54 Å². The Morgan fingerprint density at radius 2 is 2.25 bits per heavy atom. The fraction of sp³-hybridized carbons (Fsp3) is 0.118. The van der Waals surface area contributed by atoms with E-state index < -0.39 is 5.97 Å². The zero-order chi connectivity index (χ0) is 16.9. The summed E-state index contributed by atoms with van der Waals surface area (Å²) in [5.41, 5.74) is 1.65. The second-order valence-electron chi connectivity index (χ2n) is 5.07. The van der Waals surface area contributed by atoms with Gasteiger partial charge in [0.2, 0.25) is 0 Å². The summed E-state index contributed by atoms with van der Waals surface area (Å²) in [6, 6.07) is 5.35. The SMILES string of the molecule is N#Cc1ccc(C2=CC(C(=O)O)=NN(C3=CCC=CC=N3)C2)nc1. The molecule has 0 amide bonds. The largest absolute Gasteiger partial charge is 0.476 e. The molecule has 0 fully saturated rings. The van der Waals surface area contributed by atoms with Crippen molar-refractivity contribution in [3.05, 3.63) is 59.7 Å². The molecule has 1 aromatic rings. The van der Waals surface area contributed by atoms with Gasteiger partial charge in [-0.15, -0.1) is 0 Å². The lowest BCUT2D eigenvalue weighted by Crippen LogP contribution is -2.28. The number of carboxylic acids is 1. The van der Waals surface area contributed by atoms with Crippen LogP contribution < -0.4 is 0 Å². The highest BCUT2D eigenvalue weighted by atomic mass is 16.4. The zero-order valence-corrected chi connectivity index (χ0v) is 12.6. The molecule has 2 aliphatic rings. The maximum Gasteiger partial charge on any atom is 0.356 e. The number of hydrazone groups is 1. The van der Waals surface area contributed by atoms with Crippen LogP contribution in [-0.4, -0.2) is 39.5 Å². The van der Waals surface area contributed by atoms with Crippen LogP contribution in [0.15, 0.2) is 58.5 Å². The number of rotatable bonds is 3. The van der Waals surface area contributed by atoms with Crippen LogP contribution in [0.2, 0.25) is 0 Å². The number of carboxylic acid groups (broad SMARTS) is 1. The molecule has 0 aliphatic carbocycles. The monoisotopic (exact) mass is 319 g/mol. The van der Waals surface area contributed by atoms with Gasteiger partial charge in [0, 0.05) is 18.0 Å². The van der Waals surface area contributed by atoms with Gasteiger partial charge >= 0.3 is 5.97 Å². The first-order valence-electron chi connectivity index (χ1n) is 7.23. The second kappa shape index (κ2) is 6.71. The van der Waals surface area contributed by atoms with Gasteiger partial charge in [0.05, 0.1) is 17.8 Å². The van der Waals surface area contributed by atoms with E-state index in [2.05, 4.69) is 15.1 Å². The minimum Gasteiger partial charge on any atom is -0.476 e. The minimum atomic E-state index is -1.12. The van der Waals surface area contributed by atoms with Gasteiger partial charge in [-0.1, -0.05) is 6.08 Å². The maximum absolute atomic E-state index is 11.4. The molecule has 0 unspecified atom stereocenters. The third-order valence-corrected chi connectivity index (χ3v) is 3.43. The first-order chi connectivity index (χ1) is 11.7. The fourth-order valence-electron chi connectivity index (χ4n) is 2.26. The van der Waals surface area contributed by atoms with Gasteiger partial charge in [-0.25, -0.2) is 14.8 Å². The van der Waals surface area contributed by atoms with E-state index in [0.717, 1.165) is 0 Å². The number of pyridine rings is 1. The van der Waals surface area contributed by atoms with Crippen molar-refractivity contribution >= 4 is 23.5 Å². The molecule has 7 nitrogen and oxygen atoms in total. The van der Waals surface area contributed by atoms with Crippen molar-refractivity contribution in [2.24, 2.45) is 10.1 Å². The molecule has 0 spiro atoms. The number of aromatic nitrogens is 1. The van der Waals surface area contributed by atoms with E-state index in [1.165, 1.54) is 12.3 Å². The summed E-state index contributed by atoms with van der Waals surface area (Å²) in [4.78, 5) is 19.9. The predicted molar refractivity (Wildman–Crippen MR) is 89.0 cm³/mol. The first kappa shape index (κ1) is 15.4. The van der Waals surface area contributed by atoms with Gasteiger partial charge in [0.25, 0.3) is 0 Å². The fourth-order valence-corrected chi connectivity index (χ4v) is 2.26. The van der Waals surface area contributed by atoms with Crippen LogP contribution in [-0.2, 0) is 4.79 Å². The number of hydrogen-bond acceptors (Lipinski definition) is 6. The second-order valence-corrected chi connectivity index (χ2v) is 5.07. The van der Waals surface area contributed by atoms with Gasteiger partial charge in [0.15, 0.2) is 5.71 Å². The normalized spacial score (nSPS) is 16.6. The average Bonchev–Trinajstić information content (AvgIpc) is 2.91. The van der Waals surface area contributed by atoms with Crippen molar-refractivity contribution in [1.82, 2.24) is 9.99 Å². The number of allylic oxidation sites excluding steroid dienone is 3. The summed E-state index contributed by atoms with van der Waals surface area (Å²) in [5, 5.41) is 23.9. The Bertz CT molecular complexity index is 854. The standard InChI is InChI=1S/C17H13N5O2/c18-9-12-5-6-14(20-10-12)13-8-15(17(23)24)21-22(11-13)16-4-2-1-3-7-19-16/h1,3-8,10H,2,11H2,(H,23,24). The number of nitrogens with zero attached hydrogens (tertiary/aromatic N) is 5. The van der Waals surface area contributed by atoms with E-state index in [1.807, 2.05) is 24.3 Å². The number of hydrogen-bond donors (Lipinski definition) is 1. The van der Waals surface area contributed by atoms with Crippen LogP contribution in [0.4, 0.5) is 0 Å². The quantitative estimate of drug-likeness (QED) is 0.917. The van der Waals surface area contributed by atoms with Crippen molar-refractivity contribution in [3.63, 3.8) is 0 Å². The highest BCUT2D eigenvalue weighted by Crippen LogP contribution is 2.23. The van der Waals surface area contributed by atoms with E-state index in [-0.39, 0.29) is 5.71 Å².